The Morgan fingerprint density at radius 1 is 1.10 bits per heavy atom. The van der Waals surface area contributed by atoms with Crippen molar-refractivity contribution in [1.82, 2.24) is 0 Å². The zero-order valence-electron chi connectivity index (χ0n) is 10.8. The Morgan fingerprint density at radius 2 is 1.80 bits per heavy atom. The number of ketones is 1. The lowest BCUT2D eigenvalue weighted by atomic mass is 10.1. The molecule has 0 aromatic heterocycles. The van der Waals surface area contributed by atoms with Gasteiger partial charge in [-0.15, -0.1) is 0 Å². The van der Waals surface area contributed by atoms with Crippen LogP contribution in [-0.2, 0) is 0 Å². The lowest BCUT2D eigenvalue weighted by Gasteiger charge is -2.01. The van der Waals surface area contributed by atoms with Crippen molar-refractivity contribution in [2.45, 2.75) is 0 Å². The highest BCUT2D eigenvalue weighted by molar-refractivity contribution is 6.37. The van der Waals surface area contributed by atoms with E-state index >= 15 is 0 Å². The molecule has 0 aliphatic rings. The van der Waals surface area contributed by atoms with Gasteiger partial charge in [0.2, 0.25) is 0 Å². The van der Waals surface area contributed by atoms with Crippen molar-refractivity contribution in [3.63, 3.8) is 0 Å². The smallest absolute Gasteiger partial charge is 0.187 e. The SMILES string of the molecule is COc1ccc(/C=C/C(=O)c2ccc(Cl)cc2Cl)cc1. The quantitative estimate of drug-likeness (QED) is 0.593. The fourth-order valence-corrected chi connectivity index (χ4v) is 2.17. The Balaban J connectivity index is 2.15. The van der Waals surface area contributed by atoms with E-state index in [4.69, 9.17) is 27.9 Å². The standard InChI is InChI=1S/C16H12Cl2O2/c1-20-13-6-2-11(3-7-13)4-9-16(19)14-8-5-12(17)10-15(14)18/h2-10H,1H3/b9-4+. The van der Waals surface area contributed by atoms with Gasteiger partial charge in [0.25, 0.3) is 0 Å². The largest absolute Gasteiger partial charge is 0.497 e. The average Bonchev–Trinajstić information content (AvgIpc) is 2.45. The summed E-state index contributed by atoms with van der Waals surface area (Å²) in [5, 5.41) is 0.854. The predicted octanol–water partition coefficient (Wildman–Crippen LogP) is 4.90. The third-order valence-electron chi connectivity index (χ3n) is 2.74. The van der Waals surface area contributed by atoms with Gasteiger partial charge in [0.05, 0.1) is 12.1 Å². The molecule has 0 unspecified atom stereocenters. The van der Waals surface area contributed by atoms with Crippen molar-refractivity contribution in [3.8, 4) is 5.75 Å². The molecule has 0 fully saturated rings. The predicted molar refractivity (Wildman–Crippen MR) is 82.8 cm³/mol. The summed E-state index contributed by atoms with van der Waals surface area (Å²) in [5.41, 5.74) is 1.34. The van der Waals surface area contributed by atoms with Gasteiger partial charge in [0.15, 0.2) is 5.78 Å². The molecule has 0 saturated heterocycles. The monoisotopic (exact) mass is 306 g/mol. The minimum absolute atomic E-state index is 0.164. The molecule has 2 aromatic rings. The molecule has 2 nitrogen and oxygen atoms in total. The number of carbonyl (C=O) groups is 1. The van der Waals surface area contributed by atoms with E-state index in [9.17, 15) is 4.79 Å². The van der Waals surface area contributed by atoms with Gasteiger partial charge in [-0.2, -0.15) is 0 Å². The van der Waals surface area contributed by atoms with Crippen LogP contribution in [0.3, 0.4) is 0 Å². The first kappa shape index (κ1) is 14.6. The number of allylic oxidation sites excluding steroid dienone is 1. The highest BCUT2D eigenvalue weighted by Crippen LogP contribution is 2.22. The van der Waals surface area contributed by atoms with E-state index in [2.05, 4.69) is 0 Å². The second-order valence-corrected chi connectivity index (χ2v) is 4.94. The van der Waals surface area contributed by atoms with Crippen molar-refractivity contribution in [3.05, 3.63) is 69.7 Å². The van der Waals surface area contributed by atoms with Crippen LogP contribution in [0.5, 0.6) is 5.75 Å². The van der Waals surface area contributed by atoms with E-state index in [1.54, 1.807) is 31.4 Å². The van der Waals surface area contributed by atoms with Crippen molar-refractivity contribution < 1.29 is 9.53 Å². The summed E-state index contributed by atoms with van der Waals surface area (Å²) in [4.78, 5) is 12.0. The molecule has 0 spiro atoms. The minimum atomic E-state index is -0.164. The molecule has 0 bridgehead atoms. The van der Waals surface area contributed by atoms with Gasteiger partial charge in [-0.1, -0.05) is 41.4 Å². The fraction of sp³-hybridized carbons (Fsp3) is 0.0625. The van der Waals surface area contributed by atoms with Gasteiger partial charge in [-0.25, -0.2) is 0 Å². The summed E-state index contributed by atoms with van der Waals surface area (Å²) in [6, 6.07) is 12.2. The van der Waals surface area contributed by atoms with Gasteiger partial charge in [-0.3, -0.25) is 4.79 Å². The van der Waals surface area contributed by atoms with Gasteiger partial charge >= 0.3 is 0 Å². The number of halogens is 2. The normalized spacial score (nSPS) is 10.8. The first-order valence-electron chi connectivity index (χ1n) is 5.91. The Kier molecular flexibility index (Phi) is 4.83. The zero-order chi connectivity index (χ0) is 14.5. The molecule has 0 saturated carbocycles. The molecular formula is C16H12Cl2O2. The Morgan fingerprint density at radius 3 is 2.40 bits per heavy atom. The third kappa shape index (κ3) is 3.62. The Labute approximate surface area is 127 Å². The van der Waals surface area contributed by atoms with E-state index in [-0.39, 0.29) is 5.78 Å². The topological polar surface area (TPSA) is 26.3 Å². The molecule has 0 aliphatic heterocycles. The molecule has 0 heterocycles. The number of carbonyl (C=O) groups excluding carboxylic acids is 1. The van der Waals surface area contributed by atoms with Crippen LogP contribution in [-0.4, -0.2) is 12.9 Å². The van der Waals surface area contributed by atoms with Gasteiger partial charge < -0.3 is 4.74 Å². The molecular weight excluding hydrogens is 295 g/mol. The van der Waals surface area contributed by atoms with Crippen LogP contribution in [0.2, 0.25) is 10.0 Å². The number of rotatable bonds is 4. The van der Waals surface area contributed by atoms with Crippen molar-refractivity contribution in [2.75, 3.05) is 7.11 Å². The first-order valence-corrected chi connectivity index (χ1v) is 6.67. The van der Waals surface area contributed by atoms with Gasteiger partial charge in [0, 0.05) is 10.6 Å². The minimum Gasteiger partial charge on any atom is -0.497 e. The number of ether oxygens (including phenoxy) is 1. The van der Waals surface area contributed by atoms with Crippen LogP contribution < -0.4 is 4.74 Å². The Bertz CT molecular complexity index is 646. The molecule has 102 valence electrons. The molecule has 4 heteroatoms. The van der Waals surface area contributed by atoms with Crippen molar-refractivity contribution in [1.29, 1.82) is 0 Å². The summed E-state index contributed by atoms with van der Waals surface area (Å²) in [7, 11) is 1.61. The second-order valence-electron chi connectivity index (χ2n) is 4.09. The lowest BCUT2D eigenvalue weighted by Crippen LogP contribution is -1.95. The van der Waals surface area contributed by atoms with Gasteiger partial charge in [0.1, 0.15) is 5.75 Å². The molecule has 0 atom stereocenters. The van der Waals surface area contributed by atoms with Crippen LogP contribution >= 0.6 is 23.2 Å². The van der Waals surface area contributed by atoms with E-state index in [1.165, 1.54) is 6.08 Å². The van der Waals surface area contributed by atoms with Crippen molar-refractivity contribution >= 4 is 35.1 Å². The molecule has 2 aromatic carbocycles. The highest BCUT2D eigenvalue weighted by Gasteiger charge is 2.07. The average molecular weight is 307 g/mol. The zero-order valence-corrected chi connectivity index (χ0v) is 12.3. The second kappa shape index (κ2) is 6.60. The van der Waals surface area contributed by atoms with Crippen LogP contribution in [0.1, 0.15) is 15.9 Å². The summed E-state index contributed by atoms with van der Waals surface area (Å²) in [6.45, 7) is 0. The van der Waals surface area contributed by atoms with E-state index in [0.29, 0.717) is 15.6 Å². The number of methoxy groups -OCH3 is 1. The van der Waals surface area contributed by atoms with Crippen LogP contribution in [0.25, 0.3) is 6.08 Å². The summed E-state index contributed by atoms with van der Waals surface area (Å²) in [6.07, 6.45) is 3.21. The maximum atomic E-state index is 12.0. The maximum Gasteiger partial charge on any atom is 0.187 e. The van der Waals surface area contributed by atoms with E-state index in [1.807, 2.05) is 24.3 Å². The summed E-state index contributed by atoms with van der Waals surface area (Å²) in [5.74, 6) is 0.608. The van der Waals surface area contributed by atoms with E-state index in [0.717, 1.165) is 11.3 Å². The third-order valence-corrected chi connectivity index (χ3v) is 3.29. The van der Waals surface area contributed by atoms with Crippen molar-refractivity contribution in [2.24, 2.45) is 0 Å². The molecule has 20 heavy (non-hydrogen) atoms. The maximum absolute atomic E-state index is 12.0. The fourth-order valence-electron chi connectivity index (χ4n) is 1.67. The number of benzene rings is 2. The summed E-state index contributed by atoms with van der Waals surface area (Å²) >= 11 is 11.8. The van der Waals surface area contributed by atoms with E-state index < -0.39 is 0 Å². The highest BCUT2D eigenvalue weighted by atomic mass is 35.5. The molecule has 0 radical (unpaired) electrons. The summed E-state index contributed by atoms with van der Waals surface area (Å²) < 4.78 is 5.07. The van der Waals surface area contributed by atoms with Crippen LogP contribution in [0.15, 0.2) is 48.5 Å². The lowest BCUT2D eigenvalue weighted by molar-refractivity contribution is 0.104. The Hall–Kier alpha value is -1.77. The molecule has 0 amide bonds. The first-order chi connectivity index (χ1) is 9.60. The van der Waals surface area contributed by atoms with Crippen LogP contribution in [0.4, 0.5) is 0 Å². The van der Waals surface area contributed by atoms with Gasteiger partial charge in [-0.05, 0) is 42.0 Å². The number of hydrogen-bond donors (Lipinski definition) is 0. The number of hydrogen-bond acceptors (Lipinski definition) is 2. The van der Waals surface area contributed by atoms with Crippen LogP contribution in [0, 0.1) is 0 Å². The molecule has 0 aliphatic carbocycles. The molecule has 0 N–H and O–H groups in total. The molecule has 2 rings (SSSR count).